The van der Waals surface area contributed by atoms with E-state index in [1.54, 1.807) is 30.7 Å². The fourth-order valence-electron chi connectivity index (χ4n) is 4.42. The molecule has 184 valence electrons. The van der Waals surface area contributed by atoms with E-state index >= 15 is 0 Å². The molecule has 4 aromatic rings. The van der Waals surface area contributed by atoms with Gasteiger partial charge in [-0.3, -0.25) is 14.5 Å². The van der Waals surface area contributed by atoms with E-state index in [1.165, 1.54) is 31.6 Å². The lowest BCUT2D eigenvalue weighted by atomic mass is 10.1. The molecule has 37 heavy (non-hydrogen) atoms. The van der Waals surface area contributed by atoms with Crippen molar-refractivity contribution in [3.63, 3.8) is 0 Å². The van der Waals surface area contributed by atoms with Gasteiger partial charge in [0.1, 0.15) is 12.0 Å². The number of nitrogens with one attached hydrogen (secondary N) is 2. The number of amides is 1. The number of nitrogens with zero attached hydrogens (tertiary/aromatic N) is 4. The van der Waals surface area contributed by atoms with Gasteiger partial charge in [-0.2, -0.15) is 0 Å². The minimum atomic E-state index is -4.06. The number of anilines is 1. The monoisotopic (exact) mass is 512 g/mol. The Hall–Kier alpha value is -4.64. The predicted octanol–water partition coefficient (Wildman–Crippen LogP) is 3.08. The Morgan fingerprint density at radius 3 is 2.73 bits per heavy atom. The molecular formula is C26H20N6O4S. The van der Waals surface area contributed by atoms with Crippen molar-refractivity contribution in [1.82, 2.24) is 25.3 Å². The molecule has 2 aliphatic rings. The first kappa shape index (κ1) is 22.8. The minimum Gasteiger partial charge on any atom is -0.480 e. The summed E-state index contributed by atoms with van der Waals surface area (Å²) in [6.45, 7) is 0.205. The molecular weight excluding hydrogens is 492 g/mol. The highest BCUT2D eigenvalue weighted by atomic mass is 32.2. The molecule has 10 nitrogen and oxygen atoms in total. The summed E-state index contributed by atoms with van der Waals surface area (Å²) in [5.74, 6) is -0.296. The molecule has 0 saturated carbocycles. The van der Waals surface area contributed by atoms with E-state index in [1.807, 2.05) is 12.1 Å². The summed E-state index contributed by atoms with van der Waals surface area (Å²) in [4.78, 5) is 30.4. The van der Waals surface area contributed by atoms with Crippen molar-refractivity contribution in [1.29, 1.82) is 0 Å². The van der Waals surface area contributed by atoms with E-state index in [9.17, 15) is 13.2 Å². The van der Waals surface area contributed by atoms with Crippen molar-refractivity contribution in [2.24, 2.45) is 0 Å². The van der Waals surface area contributed by atoms with Gasteiger partial charge in [-0.05, 0) is 53.1 Å². The molecule has 0 radical (unpaired) electrons. The standard InChI is InChI=1S/C26H20N6O4S/c1-36-26-23-9-18(13-29-26)17-7-21-22(8-17)30-14-31-24(21)19-5-15(10-27-12-19)11-28-25(33)16-3-2-4-20(6-16)37(34,35)32-23/h2-7,9-10,12-14,32H,8,11H2,1H3,(H,28,33). The summed E-state index contributed by atoms with van der Waals surface area (Å²) in [5.41, 5.74) is 5.99. The molecule has 4 heterocycles. The second-order valence-electron chi connectivity index (χ2n) is 8.61. The van der Waals surface area contributed by atoms with Crippen LogP contribution in [0.25, 0.3) is 22.9 Å². The first-order valence-electron chi connectivity index (χ1n) is 11.4. The van der Waals surface area contributed by atoms with Crippen LogP contribution in [-0.4, -0.2) is 41.4 Å². The largest absolute Gasteiger partial charge is 0.480 e. The van der Waals surface area contributed by atoms with Gasteiger partial charge in [0.25, 0.3) is 15.9 Å². The zero-order valence-corrected chi connectivity index (χ0v) is 20.4. The van der Waals surface area contributed by atoms with Gasteiger partial charge in [-0.25, -0.2) is 23.4 Å². The van der Waals surface area contributed by atoms with Crippen molar-refractivity contribution in [2.75, 3.05) is 11.8 Å². The average Bonchev–Trinajstić information content (AvgIpc) is 3.36. The highest BCUT2D eigenvalue weighted by molar-refractivity contribution is 7.92. The number of hydrogen-bond donors (Lipinski definition) is 2. The molecule has 3 aromatic heterocycles. The Balaban J connectivity index is 1.54. The second kappa shape index (κ2) is 8.79. The third-order valence-corrected chi connectivity index (χ3v) is 7.59. The van der Waals surface area contributed by atoms with Crippen LogP contribution in [-0.2, 0) is 23.0 Å². The Morgan fingerprint density at radius 2 is 1.86 bits per heavy atom. The SMILES string of the molecule is COc1ncc2cc1NS(=O)(=O)c1cccc(c1)C(=O)NCc1cncc(c1)-c1ncnc3c1C=C2C3. The van der Waals surface area contributed by atoms with Crippen LogP contribution in [0, 0.1) is 0 Å². The molecule has 1 aliphatic heterocycles. The van der Waals surface area contributed by atoms with Crippen LogP contribution in [0.1, 0.15) is 32.7 Å². The quantitative estimate of drug-likeness (QED) is 0.397. The molecule has 0 fully saturated rings. The van der Waals surface area contributed by atoms with Crippen LogP contribution < -0.4 is 14.8 Å². The normalized spacial score (nSPS) is 15.5. The van der Waals surface area contributed by atoms with E-state index in [4.69, 9.17) is 4.74 Å². The number of hydrogen-bond acceptors (Lipinski definition) is 8. The second-order valence-corrected chi connectivity index (χ2v) is 10.3. The number of sulfonamides is 1. The fourth-order valence-corrected chi connectivity index (χ4v) is 5.51. The number of rotatable bonds is 1. The number of carbonyl (C=O) groups excluding carboxylic acids is 1. The van der Waals surface area contributed by atoms with Gasteiger partial charge < -0.3 is 10.1 Å². The topological polar surface area (TPSA) is 136 Å². The lowest BCUT2D eigenvalue weighted by molar-refractivity contribution is 0.0950. The van der Waals surface area contributed by atoms with Gasteiger partial charge in [0.05, 0.1) is 23.4 Å². The van der Waals surface area contributed by atoms with E-state index in [-0.39, 0.29) is 28.6 Å². The van der Waals surface area contributed by atoms with E-state index in [2.05, 4.69) is 30.0 Å². The highest BCUT2D eigenvalue weighted by Gasteiger charge is 2.24. The number of allylic oxidation sites excluding steroid dienone is 1. The number of benzene rings is 1. The van der Waals surface area contributed by atoms with Gasteiger partial charge in [0.2, 0.25) is 5.88 Å². The Bertz CT molecular complexity index is 1720. The molecule has 6 rings (SSSR count). The van der Waals surface area contributed by atoms with Crippen molar-refractivity contribution in [3.8, 4) is 17.1 Å². The molecule has 8 bridgehead atoms. The van der Waals surface area contributed by atoms with Crippen LogP contribution >= 0.6 is 0 Å². The maximum atomic E-state index is 13.3. The van der Waals surface area contributed by atoms with Crippen LogP contribution in [0.5, 0.6) is 5.88 Å². The lowest BCUT2D eigenvalue weighted by Gasteiger charge is -2.14. The van der Waals surface area contributed by atoms with Gasteiger partial charge in [0, 0.05) is 48.2 Å². The molecule has 0 unspecified atom stereocenters. The average molecular weight is 513 g/mol. The summed E-state index contributed by atoms with van der Waals surface area (Å²) < 4.78 is 34.4. The van der Waals surface area contributed by atoms with Gasteiger partial charge in [0.15, 0.2) is 0 Å². The van der Waals surface area contributed by atoms with Crippen LogP contribution in [0.3, 0.4) is 0 Å². The lowest BCUT2D eigenvalue weighted by Crippen LogP contribution is -2.23. The summed E-state index contributed by atoms with van der Waals surface area (Å²) in [5, 5.41) is 2.83. The van der Waals surface area contributed by atoms with Crippen LogP contribution in [0.4, 0.5) is 5.69 Å². The number of aromatic nitrogens is 4. The molecule has 0 spiro atoms. The third kappa shape index (κ3) is 4.19. The number of fused-ring (bicyclic) bond motifs is 8. The number of ether oxygens (including phenoxy) is 1. The van der Waals surface area contributed by atoms with E-state index < -0.39 is 15.9 Å². The number of carbonyl (C=O) groups is 1. The summed E-state index contributed by atoms with van der Waals surface area (Å²) in [6.07, 6.45) is 9.04. The van der Waals surface area contributed by atoms with Crippen molar-refractivity contribution < 1.29 is 17.9 Å². The van der Waals surface area contributed by atoms with Crippen molar-refractivity contribution in [3.05, 3.63) is 89.3 Å². The first-order valence-corrected chi connectivity index (χ1v) is 12.8. The smallest absolute Gasteiger partial charge is 0.262 e. The highest BCUT2D eigenvalue weighted by Crippen LogP contribution is 2.37. The minimum absolute atomic E-state index is 0.0650. The summed E-state index contributed by atoms with van der Waals surface area (Å²) >= 11 is 0. The zero-order chi connectivity index (χ0) is 25.6. The van der Waals surface area contributed by atoms with Gasteiger partial charge >= 0.3 is 0 Å². The van der Waals surface area contributed by atoms with E-state index in [0.717, 1.165) is 33.7 Å². The van der Waals surface area contributed by atoms with Crippen LogP contribution in [0.2, 0.25) is 0 Å². The Kier molecular flexibility index (Phi) is 5.41. The third-order valence-electron chi connectivity index (χ3n) is 6.23. The van der Waals surface area contributed by atoms with Gasteiger partial charge in [-0.1, -0.05) is 6.07 Å². The maximum Gasteiger partial charge on any atom is 0.262 e. The summed E-state index contributed by atoms with van der Waals surface area (Å²) in [6, 6.07) is 9.42. The Labute approximate surface area is 212 Å². The Morgan fingerprint density at radius 1 is 0.973 bits per heavy atom. The predicted molar refractivity (Wildman–Crippen MR) is 136 cm³/mol. The molecule has 1 aromatic carbocycles. The molecule has 0 saturated heterocycles. The van der Waals surface area contributed by atoms with Crippen molar-refractivity contribution in [2.45, 2.75) is 17.9 Å². The molecule has 1 aliphatic carbocycles. The summed E-state index contributed by atoms with van der Waals surface area (Å²) in [7, 11) is -2.64. The number of methoxy groups -OCH3 is 1. The first-order chi connectivity index (χ1) is 17.9. The van der Waals surface area contributed by atoms with E-state index in [0.29, 0.717) is 12.0 Å². The molecule has 2 N–H and O–H groups in total. The zero-order valence-electron chi connectivity index (χ0n) is 19.6. The van der Waals surface area contributed by atoms with Crippen LogP contribution in [0.15, 0.2) is 66.2 Å². The molecule has 1 amide bonds. The maximum absolute atomic E-state index is 13.3. The van der Waals surface area contributed by atoms with Gasteiger partial charge in [-0.15, -0.1) is 0 Å². The fraction of sp³-hybridized carbons (Fsp3) is 0.115. The molecule has 11 heteroatoms. The van der Waals surface area contributed by atoms with Crippen molar-refractivity contribution >= 4 is 33.3 Å². The molecule has 0 atom stereocenters. The number of pyridine rings is 2.